The van der Waals surface area contributed by atoms with Crippen molar-refractivity contribution in [2.75, 3.05) is 5.32 Å². The first-order valence-corrected chi connectivity index (χ1v) is 12.4. The zero-order valence-electron chi connectivity index (χ0n) is 18.2. The maximum Gasteiger partial charge on any atom is 0.270 e. The molecule has 3 aromatic rings. The van der Waals surface area contributed by atoms with Crippen molar-refractivity contribution in [3.8, 4) is 5.75 Å². The Morgan fingerprint density at radius 3 is 2.66 bits per heavy atom. The number of hydrogen-bond acceptors (Lipinski definition) is 7. The van der Waals surface area contributed by atoms with Crippen molar-refractivity contribution in [3.05, 3.63) is 64.7 Å². The summed E-state index contributed by atoms with van der Waals surface area (Å²) in [5, 5.41) is 10.4. The van der Waals surface area contributed by atoms with Gasteiger partial charge in [-0.15, -0.1) is 10.2 Å². The zero-order valence-corrected chi connectivity index (χ0v) is 19.8. The number of sulfonamides is 1. The van der Waals surface area contributed by atoms with Gasteiger partial charge in [0.2, 0.25) is 9.47 Å². The predicted molar refractivity (Wildman–Crippen MR) is 123 cm³/mol. The van der Waals surface area contributed by atoms with Crippen LogP contribution in [0.3, 0.4) is 0 Å². The molecule has 0 aliphatic carbocycles. The van der Waals surface area contributed by atoms with E-state index in [0.717, 1.165) is 28.0 Å². The second-order valence-corrected chi connectivity index (χ2v) is 11.3. The molecule has 1 aliphatic rings. The Morgan fingerprint density at radius 2 is 1.91 bits per heavy atom. The summed E-state index contributed by atoms with van der Waals surface area (Å²) in [6, 6.07) is 12.3. The van der Waals surface area contributed by atoms with Gasteiger partial charge in [-0.1, -0.05) is 47.2 Å². The lowest BCUT2D eigenvalue weighted by atomic mass is 9.89. The van der Waals surface area contributed by atoms with Gasteiger partial charge in [-0.3, -0.25) is 10.1 Å². The van der Waals surface area contributed by atoms with Gasteiger partial charge >= 0.3 is 0 Å². The first-order chi connectivity index (χ1) is 15.0. The summed E-state index contributed by atoms with van der Waals surface area (Å²) in [6.45, 7) is 7.60. The highest BCUT2D eigenvalue weighted by atomic mass is 32.2. The Morgan fingerprint density at radius 1 is 1.16 bits per heavy atom. The van der Waals surface area contributed by atoms with Crippen LogP contribution in [0.5, 0.6) is 5.75 Å². The van der Waals surface area contributed by atoms with Crippen LogP contribution in [0, 0.1) is 13.8 Å². The summed E-state index contributed by atoms with van der Waals surface area (Å²) in [4.78, 5) is 12.5. The van der Waals surface area contributed by atoms with Gasteiger partial charge in [0.25, 0.3) is 15.9 Å². The molecule has 1 aliphatic heterocycles. The van der Waals surface area contributed by atoms with Crippen molar-refractivity contribution in [2.24, 2.45) is 0 Å². The fourth-order valence-electron chi connectivity index (χ4n) is 3.68. The predicted octanol–water partition coefficient (Wildman–Crippen LogP) is 3.99. The van der Waals surface area contributed by atoms with Crippen molar-refractivity contribution in [2.45, 2.75) is 50.1 Å². The van der Waals surface area contributed by atoms with Crippen LogP contribution in [0.1, 0.15) is 53.4 Å². The van der Waals surface area contributed by atoms with Crippen LogP contribution in [-0.4, -0.2) is 30.1 Å². The Kier molecular flexibility index (Phi) is 5.78. The minimum atomic E-state index is -3.97. The van der Waals surface area contributed by atoms with Crippen LogP contribution in [0.4, 0.5) is 5.13 Å². The van der Waals surface area contributed by atoms with Crippen LogP contribution in [0.15, 0.2) is 46.8 Å². The van der Waals surface area contributed by atoms with Crippen molar-refractivity contribution in [1.82, 2.24) is 14.9 Å². The van der Waals surface area contributed by atoms with Gasteiger partial charge in [0.05, 0.1) is 6.04 Å². The SMILES string of the molecule is Cc1ccc2c(c1)[C@H](NS(=O)(=O)c1nnc(NC(=O)c3ccccc3C)s1)CC(C)(C)O2. The van der Waals surface area contributed by atoms with Crippen LogP contribution in [-0.2, 0) is 10.0 Å². The molecule has 0 spiro atoms. The average Bonchev–Trinajstić information content (AvgIpc) is 3.17. The molecule has 0 bridgehead atoms. The third-order valence-electron chi connectivity index (χ3n) is 5.17. The van der Waals surface area contributed by atoms with Gasteiger partial charge in [0, 0.05) is 17.5 Å². The summed E-state index contributed by atoms with van der Waals surface area (Å²) in [6.07, 6.45) is 0.457. The molecule has 1 atom stereocenters. The van der Waals surface area contributed by atoms with E-state index in [-0.39, 0.29) is 15.4 Å². The molecule has 0 unspecified atom stereocenters. The van der Waals surface area contributed by atoms with Crippen molar-refractivity contribution in [1.29, 1.82) is 0 Å². The molecule has 2 heterocycles. The van der Waals surface area contributed by atoms with Crippen LogP contribution >= 0.6 is 11.3 Å². The third-order valence-corrected chi connectivity index (χ3v) is 7.84. The molecule has 32 heavy (non-hydrogen) atoms. The molecule has 0 fully saturated rings. The van der Waals surface area contributed by atoms with Crippen molar-refractivity contribution >= 4 is 32.4 Å². The van der Waals surface area contributed by atoms with Crippen molar-refractivity contribution < 1.29 is 17.9 Å². The minimum absolute atomic E-state index is 0.113. The number of nitrogens with one attached hydrogen (secondary N) is 2. The van der Waals surface area contributed by atoms with Gasteiger partial charge in [0.15, 0.2) is 0 Å². The molecular formula is C22H24N4O4S2. The first kappa shape index (κ1) is 22.4. The molecule has 0 radical (unpaired) electrons. The maximum atomic E-state index is 13.1. The number of nitrogens with zero attached hydrogens (tertiary/aromatic N) is 2. The van der Waals surface area contributed by atoms with E-state index in [9.17, 15) is 13.2 Å². The molecule has 10 heteroatoms. The number of ether oxygens (including phenoxy) is 1. The summed E-state index contributed by atoms with van der Waals surface area (Å²) < 4.78 is 34.7. The van der Waals surface area contributed by atoms with E-state index >= 15 is 0 Å². The molecular weight excluding hydrogens is 448 g/mol. The Balaban J connectivity index is 1.55. The van der Waals surface area contributed by atoms with Gasteiger partial charge in [0.1, 0.15) is 11.4 Å². The maximum absolute atomic E-state index is 13.1. The molecule has 0 saturated heterocycles. The second-order valence-electron chi connectivity index (χ2n) is 8.42. The van der Waals surface area contributed by atoms with E-state index in [0.29, 0.717) is 17.7 Å². The molecule has 168 valence electrons. The summed E-state index contributed by atoms with van der Waals surface area (Å²) in [5.74, 6) is 0.287. The lowest BCUT2D eigenvalue weighted by Crippen LogP contribution is -2.41. The van der Waals surface area contributed by atoms with Crippen molar-refractivity contribution in [3.63, 3.8) is 0 Å². The van der Waals surface area contributed by atoms with E-state index in [4.69, 9.17) is 4.74 Å². The van der Waals surface area contributed by atoms with Crippen LogP contribution < -0.4 is 14.8 Å². The summed E-state index contributed by atoms with van der Waals surface area (Å²) in [7, 11) is -3.97. The monoisotopic (exact) mass is 472 g/mol. The topological polar surface area (TPSA) is 110 Å². The third kappa shape index (κ3) is 4.67. The molecule has 1 aromatic heterocycles. The fourth-order valence-corrected chi connectivity index (χ4v) is 5.80. The van der Waals surface area contributed by atoms with E-state index in [1.165, 1.54) is 0 Å². The van der Waals surface area contributed by atoms with E-state index in [1.807, 2.05) is 58.0 Å². The minimum Gasteiger partial charge on any atom is -0.487 e. The number of carbonyl (C=O) groups is 1. The quantitative estimate of drug-likeness (QED) is 0.544. The fraction of sp³-hybridized carbons (Fsp3) is 0.318. The lowest BCUT2D eigenvalue weighted by molar-refractivity contribution is 0.0701. The van der Waals surface area contributed by atoms with Gasteiger partial charge < -0.3 is 4.74 Å². The number of anilines is 1. The molecule has 4 rings (SSSR count). The number of rotatable bonds is 5. The molecule has 2 aromatic carbocycles. The van der Waals surface area contributed by atoms with Gasteiger partial charge in [-0.2, -0.15) is 0 Å². The van der Waals surface area contributed by atoms with E-state index in [1.54, 1.807) is 12.1 Å². The normalized spacial score (nSPS) is 17.3. The smallest absolute Gasteiger partial charge is 0.270 e. The Labute approximate surface area is 191 Å². The zero-order chi connectivity index (χ0) is 23.1. The lowest BCUT2D eigenvalue weighted by Gasteiger charge is -2.37. The van der Waals surface area contributed by atoms with Gasteiger partial charge in [-0.05, 0) is 45.4 Å². The molecule has 2 N–H and O–H groups in total. The van der Waals surface area contributed by atoms with Gasteiger partial charge in [-0.25, -0.2) is 13.1 Å². The Hall–Kier alpha value is -2.82. The number of carbonyl (C=O) groups excluding carboxylic acids is 1. The molecule has 1 amide bonds. The van der Waals surface area contributed by atoms with E-state index < -0.39 is 21.7 Å². The number of aryl methyl sites for hydroxylation is 2. The molecule has 8 nitrogen and oxygen atoms in total. The average molecular weight is 473 g/mol. The Bertz CT molecular complexity index is 1280. The van der Waals surface area contributed by atoms with Crippen LogP contribution in [0.2, 0.25) is 0 Å². The number of hydrogen-bond donors (Lipinski definition) is 2. The van der Waals surface area contributed by atoms with E-state index in [2.05, 4.69) is 20.2 Å². The second kappa shape index (κ2) is 8.27. The highest BCUT2D eigenvalue weighted by molar-refractivity contribution is 7.91. The first-order valence-electron chi connectivity index (χ1n) is 10.1. The number of fused-ring (bicyclic) bond motifs is 1. The summed E-state index contributed by atoms with van der Waals surface area (Å²) in [5.41, 5.74) is 2.55. The number of aromatic nitrogens is 2. The van der Waals surface area contributed by atoms with Crippen LogP contribution in [0.25, 0.3) is 0 Å². The summed E-state index contributed by atoms with van der Waals surface area (Å²) >= 11 is 0.806. The number of benzene rings is 2. The highest BCUT2D eigenvalue weighted by Crippen LogP contribution is 2.40. The largest absolute Gasteiger partial charge is 0.487 e. The standard InChI is InChI=1S/C22H24N4O4S2/c1-13-9-10-18-16(11-13)17(12-22(3,4)30-18)26-32(28,29)21-25-24-20(31-21)23-19(27)15-8-6-5-7-14(15)2/h5-11,17,26H,12H2,1-4H3,(H,23,24,27)/t17-/m1/s1. The molecule has 0 saturated carbocycles. The number of amides is 1. The highest BCUT2D eigenvalue weighted by Gasteiger charge is 2.37.